The van der Waals surface area contributed by atoms with E-state index in [2.05, 4.69) is 20.4 Å². The van der Waals surface area contributed by atoms with Crippen molar-refractivity contribution >= 4 is 23.2 Å². The van der Waals surface area contributed by atoms with Gasteiger partial charge in [0.1, 0.15) is 5.69 Å². The molecule has 0 aliphatic rings. The van der Waals surface area contributed by atoms with Crippen LogP contribution in [0.1, 0.15) is 5.89 Å². The zero-order valence-electron chi connectivity index (χ0n) is 8.37. The first-order valence-electron chi connectivity index (χ1n) is 4.49. The van der Waals surface area contributed by atoms with Crippen LogP contribution in [0.15, 0.2) is 16.8 Å². The molecular formula is C9H8Cl2N4O. The molecule has 1 N–H and O–H groups in total. The standard InChI is InChI=1S/C9H8Cl2N4O/c1-12-4-7-14-9(15-16-7)8-6(11)2-5(10)3-13-8/h2-3,12H,4H2,1H3. The normalized spacial score (nSPS) is 10.7. The molecule has 0 saturated carbocycles. The molecule has 2 aromatic heterocycles. The Hall–Kier alpha value is -1.17. The van der Waals surface area contributed by atoms with Gasteiger partial charge in [0, 0.05) is 6.20 Å². The summed E-state index contributed by atoms with van der Waals surface area (Å²) in [5.41, 5.74) is 0.456. The van der Waals surface area contributed by atoms with Crippen molar-refractivity contribution in [2.24, 2.45) is 0 Å². The quantitative estimate of drug-likeness (QED) is 0.914. The van der Waals surface area contributed by atoms with Crippen LogP contribution in [0.5, 0.6) is 0 Å². The maximum absolute atomic E-state index is 5.97. The Kier molecular flexibility index (Phi) is 3.38. The summed E-state index contributed by atoms with van der Waals surface area (Å²) in [5, 5.41) is 7.54. The van der Waals surface area contributed by atoms with Gasteiger partial charge in [0.2, 0.25) is 11.7 Å². The van der Waals surface area contributed by atoms with E-state index in [0.717, 1.165) is 0 Å². The predicted molar refractivity (Wildman–Crippen MR) is 60.3 cm³/mol. The number of hydrogen-bond acceptors (Lipinski definition) is 5. The van der Waals surface area contributed by atoms with Crippen molar-refractivity contribution in [2.45, 2.75) is 6.54 Å². The smallest absolute Gasteiger partial charge is 0.240 e. The fourth-order valence-corrected chi connectivity index (χ4v) is 1.62. The Morgan fingerprint density at radius 3 is 2.94 bits per heavy atom. The lowest BCUT2D eigenvalue weighted by molar-refractivity contribution is 0.372. The van der Waals surface area contributed by atoms with Gasteiger partial charge < -0.3 is 9.84 Å². The Morgan fingerprint density at radius 2 is 2.25 bits per heavy atom. The van der Waals surface area contributed by atoms with E-state index >= 15 is 0 Å². The fraction of sp³-hybridized carbons (Fsp3) is 0.222. The van der Waals surface area contributed by atoms with Gasteiger partial charge in [-0.25, -0.2) is 4.98 Å². The second-order valence-electron chi connectivity index (χ2n) is 3.03. The average Bonchev–Trinajstić information content (AvgIpc) is 2.67. The minimum Gasteiger partial charge on any atom is -0.337 e. The zero-order chi connectivity index (χ0) is 11.5. The lowest BCUT2D eigenvalue weighted by atomic mass is 10.3. The molecule has 84 valence electrons. The number of nitrogens with zero attached hydrogens (tertiary/aromatic N) is 3. The van der Waals surface area contributed by atoms with Crippen molar-refractivity contribution in [1.82, 2.24) is 20.4 Å². The third-order valence-corrected chi connectivity index (χ3v) is 2.31. The molecule has 2 aromatic rings. The van der Waals surface area contributed by atoms with Crippen molar-refractivity contribution in [3.63, 3.8) is 0 Å². The van der Waals surface area contributed by atoms with E-state index in [4.69, 9.17) is 27.7 Å². The molecule has 0 atom stereocenters. The summed E-state index contributed by atoms with van der Waals surface area (Å²) in [6, 6.07) is 1.58. The van der Waals surface area contributed by atoms with Gasteiger partial charge in [0.05, 0.1) is 16.6 Å². The van der Waals surface area contributed by atoms with Crippen molar-refractivity contribution in [3.05, 3.63) is 28.2 Å². The van der Waals surface area contributed by atoms with Crippen LogP contribution >= 0.6 is 23.2 Å². The minimum atomic E-state index is 0.354. The molecule has 0 aliphatic carbocycles. The van der Waals surface area contributed by atoms with Crippen LogP contribution in [-0.4, -0.2) is 22.2 Å². The van der Waals surface area contributed by atoms with Crippen LogP contribution in [-0.2, 0) is 6.54 Å². The van der Waals surface area contributed by atoms with Crippen LogP contribution in [0.2, 0.25) is 10.0 Å². The van der Waals surface area contributed by atoms with Gasteiger partial charge in [-0.1, -0.05) is 28.4 Å². The van der Waals surface area contributed by atoms with E-state index in [9.17, 15) is 0 Å². The number of rotatable bonds is 3. The fourth-order valence-electron chi connectivity index (χ4n) is 1.15. The molecule has 0 saturated heterocycles. The largest absolute Gasteiger partial charge is 0.337 e. The highest BCUT2D eigenvalue weighted by Gasteiger charge is 2.13. The second-order valence-corrected chi connectivity index (χ2v) is 3.87. The molecule has 2 rings (SSSR count). The number of aromatic nitrogens is 3. The highest BCUT2D eigenvalue weighted by molar-refractivity contribution is 6.35. The van der Waals surface area contributed by atoms with Gasteiger partial charge in [-0.15, -0.1) is 0 Å². The Bertz CT molecular complexity index is 500. The number of halogens is 2. The van der Waals surface area contributed by atoms with Crippen LogP contribution in [0, 0.1) is 0 Å². The summed E-state index contributed by atoms with van der Waals surface area (Å²) >= 11 is 11.7. The van der Waals surface area contributed by atoms with E-state index in [1.807, 2.05) is 0 Å². The Labute approximate surface area is 102 Å². The van der Waals surface area contributed by atoms with Crippen molar-refractivity contribution in [1.29, 1.82) is 0 Å². The lowest BCUT2D eigenvalue weighted by Gasteiger charge is -1.97. The minimum absolute atomic E-state index is 0.354. The number of nitrogens with one attached hydrogen (secondary N) is 1. The molecule has 0 spiro atoms. The highest BCUT2D eigenvalue weighted by Crippen LogP contribution is 2.25. The van der Waals surface area contributed by atoms with Crippen LogP contribution in [0.25, 0.3) is 11.5 Å². The molecule has 2 heterocycles. The van der Waals surface area contributed by atoms with Gasteiger partial charge in [-0.05, 0) is 13.1 Å². The molecule has 0 radical (unpaired) electrons. The van der Waals surface area contributed by atoms with E-state index in [0.29, 0.717) is 34.0 Å². The SMILES string of the molecule is CNCc1nc(-c2ncc(Cl)cc2Cl)no1. The van der Waals surface area contributed by atoms with Crippen molar-refractivity contribution in [3.8, 4) is 11.5 Å². The molecule has 0 fully saturated rings. The van der Waals surface area contributed by atoms with Gasteiger partial charge >= 0.3 is 0 Å². The number of pyridine rings is 1. The maximum atomic E-state index is 5.97. The third-order valence-electron chi connectivity index (χ3n) is 1.82. The molecule has 7 heteroatoms. The maximum Gasteiger partial charge on any atom is 0.240 e. The molecule has 0 aliphatic heterocycles. The van der Waals surface area contributed by atoms with E-state index < -0.39 is 0 Å². The molecular weight excluding hydrogens is 251 g/mol. The summed E-state index contributed by atoms with van der Waals surface area (Å²) in [6.45, 7) is 0.498. The van der Waals surface area contributed by atoms with E-state index in [-0.39, 0.29) is 0 Å². The van der Waals surface area contributed by atoms with Gasteiger partial charge in [0.15, 0.2) is 0 Å². The summed E-state index contributed by atoms with van der Waals surface area (Å²) in [6.07, 6.45) is 1.48. The van der Waals surface area contributed by atoms with Gasteiger partial charge in [-0.2, -0.15) is 4.98 Å². The van der Waals surface area contributed by atoms with Gasteiger partial charge in [-0.3, -0.25) is 0 Å². The molecule has 0 aromatic carbocycles. The summed E-state index contributed by atoms with van der Waals surface area (Å²) in [4.78, 5) is 8.18. The van der Waals surface area contributed by atoms with Crippen molar-refractivity contribution < 1.29 is 4.52 Å². The van der Waals surface area contributed by atoms with E-state index in [1.54, 1.807) is 13.1 Å². The molecule has 0 unspecified atom stereocenters. The molecule has 0 amide bonds. The first-order chi connectivity index (χ1) is 7.70. The summed E-state index contributed by atoms with van der Waals surface area (Å²) in [5.74, 6) is 0.831. The first-order valence-corrected chi connectivity index (χ1v) is 5.25. The third kappa shape index (κ3) is 2.32. The van der Waals surface area contributed by atoms with Crippen molar-refractivity contribution in [2.75, 3.05) is 7.05 Å². The summed E-state index contributed by atoms with van der Waals surface area (Å²) in [7, 11) is 1.79. The predicted octanol–water partition coefficient (Wildman–Crippen LogP) is 2.16. The second kappa shape index (κ2) is 4.78. The Morgan fingerprint density at radius 1 is 1.44 bits per heavy atom. The monoisotopic (exact) mass is 258 g/mol. The molecule has 5 nitrogen and oxygen atoms in total. The Balaban J connectivity index is 2.35. The van der Waals surface area contributed by atoms with Crippen LogP contribution in [0.3, 0.4) is 0 Å². The molecule has 0 bridgehead atoms. The lowest BCUT2D eigenvalue weighted by Crippen LogP contribution is -2.04. The molecule has 16 heavy (non-hydrogen) atoms. The van der Waals surface area contributed by atoms with Crippen LogP contribution < -0.4 is 5.32 Å². The topological polar surface area (TPSA) is 63.8 Å². The average molecular weight is 259 g/mol. The van der Waals surface area contributed by atoms with Crippen LogP contribution in [0.4, 0.5) is 0 Å². The highest BCUT2D eigenvalue weighted by atomic mass is 35.5. The van der Waals surface area contributed by atoms with E-state index in [1.165, 1.54) is 6.20 Å². The first kappa shape index (κ1) is 11.3. The number of hydrogen-bond donors (Lipinski definition) is 1. The van der Waals surface area contributed by atoms with Gasteiger partial charge in [0.25, 0.3) is 0 Å². The zero-order valence-corrected chi connectivity index (χ0v) is 9.88. The summed E-state index contributed by atoms with van der Waals surface area (Å²) < 4.78 is 4.99.